The van der Waals surface area contributed by atoms with E-state index in [1.54, 1.807) is 0 Å². The van der Waals surface area contributed by atoms with Gasteiger partial charge in [0.2, 0.25) is 5.91 Å². The molecular weight excluding hydrogens is 254 g/mol. The number of rotatable bonds is 2. The Morgan fingerprint density at radius 1 is 1.10 bits per heavy atom. The Kier molecular flexibility index (Phi) is 4.58. The maximum absolute atomic E-state index is 12.5. The van der Waals surface area contributed by atoms with Gasteiger partial charge in [-0.3, -0.25) is 9.69 Å². The molecule has 20 heavy (non-hydrogen) atoms. The van der Waals surface area contributed by atoms with Crippen LogP contribution in [0.15, 0.2) is 0 Å². The standard InChI is InChI=1S/C15H27N3O2/c19-14(17-8-10-20-11-9-17)12-18-7-6-16-13-15(18)4-2-1-3-5-15/h16H,1-13H2. The monoisotopic (exact) mass is 281 g/mol. The fraction of sp³-hybridized carbons (Fsp3) is 0.933. The van der Waals surface area contributed by atoms with Crippen LogP contribution in [0.3, 0.4) is 0 Å². The van der Waals surface area contributed by atoms with Crippen LogP contribution in [0.5, 0.6) is 0 Å². The van der Waals surface area contributed by atoms with E-state index in [2.05, 4.69) is 10.2 Å². The van der Waals surface area contributed by atoms with Crippen molar-refractivity contribution in [1.82, 2.24) is 15.1 Å². The lowest BCUT2D eigenvalue weighted by Crippen LogP contribution is -2.64. The van der Waals surface area contributed by atoms with Gasteiger partial charge in [-0.05, 0) is 12.8 Å². The highest BCUT2D eigenvalue weighted by molar-refractivity contribution is 5.78. The van der Waals surface area contributed by atoms with Gasteiger partial charge in [-0.15, -0.1) is 0 Å². The Morgan fingerprint density at radius 2 is 1.85 bits per heavy atom. The van der Waals surface area contributed by atoms with Crippen molar-refractivity contribution in [2.45, 2.75) is 37.6 Å². The van der Waals surface area contributed by atoms with Gasteiger partial charge in [0.1, 0.15) is 0 Å². The number of amides is 1. The summed E-state index contributed by atoms with van der Waals surface area (Å²) in [4.78, 5) is 16.9. The molecule has 2 aliphatic heterocycles. The van der Waals surface area contributed by atoms with Gasteiger partial charge in [0, 0.05) is 38.3 Å². The van der Waals surface area contributed by atoms with Crippen molar-refractivity contribution in [2.24, 2.45) is 0 Å². The molecule has 0 aromatic carbocycles. The molecule has 0 unspecified atom stereocenters. The normalized spacial score (nSPS) is 27.7. The summed E-state index contributed by atoms with van der Waals surface area (Å²) in [6, 6.07) is 0. The van der Waals surface area contributed by atoms with E-state index in [9.17, 15) is 4.79 Å². The number of piperazine rings is 1. The van der Waals surface area contributed by atoms with E-state index >= 15 is 0 Å². The molecule has 114 valence electrons. The van der Waals surface area contributed by atoms with Gasteiger partial charge < -0.3 is 15.0 Å². The molecule has 2 heterocycles. The summed E-state index contributed by atoms with van der Waals surface area (Å²) in [5.41, 5.74) is 0.248. The fourth-order valence-corrected chi connectivity index (χ4v) is 3.91. The first-order valence-corrected chi connectivity index (χ1v) is 8.11. The van der Waals surface area contributed by atoms with Crippen LogP contribution in [0, 0.1) is 0 Å². The molecule has 2 saturated heterocycles. The average molecular weight is 281 g/mol. The number of morpholine rings is 1. The maximum Gasteiger partial charge on any atom is 0.236 e. The summed E-state index contributed by atoms with van der Waals surface area (Å²) in [6.07, 6.45) is 6.47. The molecule has 5 nitrogen and oxygen atoms in total. The van der Waals surface area contributed by atoms with Crippen LogP contribution < -0.4 is 5.32 Å². The molecule has 0 atom stereocenters. The molecule has 0 radical (unpaired) electrons. The number of nitrogens with zero attached hydrogens (tertiary/aromatic N) is 2. The predicted molar refractivity (Wildman–Crippen MR) is 77.7 cm³/mol. The molecule has 1 saturated carbocycles. The van der Waals surface area contributed by atoms with Gasteiger partial charge >= 0.3 is 0 Å². The molecule has 0 bridgehead atoms. The van der Waals surface area contributed by atoms with E-state index < -0.39 is 0 Å². The largest absolute Gasteiger partial charge is 0.378 e. The van der Waals surface area contributed by atoms with Crippen LogP contribution in [-0.2, 0) is 9.53 Å². The van der Waals surface area contributed by atoms with E-state index in [1.807, 2.05) is 4.90 Å². The Morgan fingerprint density at radius 3 is 2.60 bits per heavy atom. The number of hydrogen-bond acceptors (Lipinski definition) is 4. The lowest BCUT2D eigenvalue weighted by Gasteiger charge is -2.50. The third-order valence-electron chi connectivity index (χ3n) is 5.16. The topological polar surface area (TPSA) is 44.8 Å². The summed E-state index contributed by atoms with van der Waals surface area (Å²) < 4.78 is 5.33. The first-order valence-electron chi connectivity index (χ1n) is 8.11. The molecule has 0 aromatic heterocycles. The van der Waals surface area contributed by atoms with E-state index in [4.69, 9.17) is 4.74 Å². The number of nitrogens with one attached hydrogen (secondary N) is 1. The van der Waals surface area contributed by atoms with Crippen molar-refractivity contribution in [3.8, 4) is 0 Å². The van der Waals surface area contributed by atoms with Gasteiger partial charge in [-0.25, -0.2) is 0 Å². The smallest absolute Gasteiger partial charge is 0.236 e. The highest BCUT2D eigenvalue weighted by atomic mass is 16.5. The zero-order valence-corrected chi connectivity index (χ0v) is 12.4. The molecule has 3 rings (SSSR count). The van der Waals surface area contributed by atoms with E-state index in [0.717, 1.165) is 32.7 Å². The van der Waals surface area contributed by atoms with Gasteiger partial charge in [-0.1, -0.05) is 19.3 Å². The second-order valence-electron chi connectivity index (χ2n) is 6.38. The van der Waals surface area contributed by atoms with E-state index in [0.29, 0.717) is 25.7 Å². The fourth-order valence-electron chi connectivity index (χ4n) is 3.91. The quantitative estimate of drug-likeness (QED) is 0.798. The number of carbonyl (C=O) groups is 1. The van der Waals surface area contributed by atoms with Gasteiger partial charge in [0.15, 0.2) is 0 Å². The third-order valence-corrected chi connectivity index (χ3v) is 5.16. The highest BCUT2D eigenvalue weighted by Crippen LogP contribution is 2.34. The maximum atomic E-state index is 12.5. The average Bonchev–Trinajstić information content (AvgIpc) is 2.51. The molecule has 1 aliphatic carbocycles. The molecule has 3 aliphatic rings. The first kappa shape index (κ1) is 14.3. The van der Waals surface area contributed by atoms with Crippen molar-refractivity contribution >= 4 is 5.91 Å². The molecule has 5 heteroatoms. The summed E-state index contributed by atoms with van der Waals surface area (Å²) in [6.45, 7) is 6.59. The second kappa shape index (κ2) is 6.41. The highest BCUT2D eigenvalue weighted by Gasteiger charge is 2.40. The van der Waals surface area contributed by atoms with Gasteiger partial charge in [0.05, 0.1) is 19.8 Å². The zero-order chi connectivity index (χ0) is 13.8. The first-order chi connectivity index (χ1) is 9.80. The molecule has 3 fully saturated rings. The summed E-state index contributed by atoms with van der Waals surface area (Å²) in [5.74, 6) is 0.292. The van der Waals surface area contributed by atoms with Crippen molar-refractivity contribution < 1.29 is 9.53 Å². The number of ether oxygens (including phenoxy) is 1. The van der Waals surface area contributed by atoms with Crippen LogP contribution in [0.2, 0.25) is 0 Å². The van der Waals surface area contributed by atoms with Gasteiger partial charge in [0.25, 0.3) is 0 Å². The zero-order valence-electron chi connectivity index (χ0n) is 12.4. The van der Waals surface area contributed by atoms with Crippen molar-refractivity contribution in [2.75, 3.05) is 52.5 Å². The van der Waals surface area contributed by atoms with Crippen LogP contribution >= 0.6 is 0 Å². The summed E-state index contributed by atoms with van der Waals surface area (Å²) >= 11 is 0. The SMILES string of the molecule is O=C(CN1CCNCC12CCCCC2)N1CCOCC1. The second-order valence-corrected chi connectivity index (χ2v) is 6.38. The van der Waals surface area contributed by atoms with Crippen molar-refractivity contribution in [3.05, 3.63) is 0 Å². The Hall–Kier alpha value is -0.650. The lowest BCUT2D eigenvalue weighted by atomic mass is 9.79. The Labute approximate surface area is 121 Å². The molecule has 1 amide bonds. The lowest BCUT2D eigenvalue weighted by molar-refractivity contribution is -0.139. The predicted octanol–water partition coefficient (Wildman–Crippen LogP) is 0.453. The third kappa shape index (κ3) is 3.00. The van der Waals surface area contributed by atoms with E-state index in [1.165, 1.54) is 32.1 Å². The minimum atomic E-state index is 0.248. The summed E-state index contributed by atoms with van der Waals surface area (Å²) in [7, 11) is 0. The van der Waals surface area contributed by atoms with Crippen LogP contribution in [0.25, 0.3) is 0 Å². The van der Waals surface area contributed by atoms with Crippen molar-refractivity contribution in [3.63, 3.8) is 0 Å². The molecule has 0 aromatic rings. The van der Waals surface area contributed by atoms with Gasteiger partial charge in [-0.2, -0.15) is 0 Å². The van der Waals surface area contributed by atoms with Crippen LogP contribution in [-0.4, -0.2) is 73.7 Å². The Bertz CT molecular complexity index is 328. The summed E-state index contributed by atoms with van der Waals surface area (Å²) in [5, 5.41) is 3.54. The van der Waals surface area contributed by atoms with Crippen LogP contribution in [0.4, 0.5) is 0 Å². The van der Waals surface area contributed by atoms with Crippen LogP contribution in [0.1, 0.15) is 32.1 Å². The van der Waals surface area contributed by atoms with E-state index in [-0.39, 0.29) is 5.54 Å². The van der Waals surface area contributed by atoms with Crippen molar-refractivity contribution in [1.29, 1.82) is 0 Å². The minimum Gasteiger partial charge on any atom is -0.378 e. The number of carbonyl (C=O) groups excluding carboxylic acids is 1. The minimum absolute atomic E-state index is 0.248. The number of hydrogen-bond donors (Lipinski definition) is 1. The Balaban J connectivity index is 1.62. The molecule has 1 N–H and O–H groups in total. The molecule has 1 spiro atoms. The molecular formula is C15H27N3O2.